The summed E-state index contributed by atoms with van der Waals surface area (Å²) >= 11 is 0. The number of unbranched alkanes of at least 4 members (excludes halogenated alkanes) is 18. The molecule has 26 heavy (non-hydrogen) atoms. The van der Waals surface area contributed by atoms with Crippen molar-refractivity contribution in [3.05, 3.63) is 0 Å². The van der Waals surface area contributed by atoms with Crippen molar-refractivity contribution in [2.75, 3.05) is 0 Å². The summed E-state index contributed by atoms with van der Waals surface area (Å²) in [5.74, 6) is -0.651. The molecule has 154 valence electrons. The number of carboxylic acids is 1. The van der Waals surface area contributed by atoms with Crippen molar-refractivity contribution >= 4 is 46.4 Å². The molecule has 0 aliphatic heterocycles. The van der Waals surface area contributed by atoms with Gasteiger partial charge in [-0.1, -0.05) is 122 Å². The van der Waals surface area contributed by atoms with Gasteiger partial charge in [0.2, 0.25) is 0 Å². The first-order valence-electron chi connectivity index (χ1n) is 11.0. The number of rotatable bonds is 20. The van der Waals surface area contributed by atoms with Gasteiger partial charge in [-0.2, -0.15) is 0 Å². The zero-order valence-corrected chi connectivity index (χ0v) is 18.6. The van der Waals surface area contributed by atoms with Gasteiger partial charge in [0.1, 0.15) is 0 Å². The van der Waals surface area contributed by atoms with Crippen molar-refractivity contribution in [2.45, 2.75) is 135 Å². The SMILES string of the molecule is CCCCCCCCCCCCCCCCCCCCCC(=O)O.[AlH3].[H-].[H-].[Mg+2]. The van der Waals surface area contributed by atoms with Crippen LogP contribution in [0.1, 0.15) is 138 Å². The number of aliphatic carboxylic acids is 1. The molecule has 0 radical (unpaired) electrons. The predicted molar refractivity (Wildman–Crippen MR) is 124 cm³/mol. The second kappa shape index (κ2) is 28.0. The Morgan fingerprint density at radius 1 is 0.577 bits per heavy atom. The van der Waals surface area contributed by atoms with E-state index >= 15 is 0 Å². The molecule has 0 fully saturated rings. The average Bonchev–Trinajstić information content (AvgIpc) is 2.56. The van der Waals surface area contributed by atoms with Gasteiger partial charge in [0, 0.05) is 6.42 Å². The van der Waals surface area contributed by atoms with Crippen molar-refractivity contribution in [2.24, 2.45) is 0 Å². The second-order valence-corrected chi connectivity index (χ2v) is 7.51. The van der Waals surface area contributed by atoms with Crippen LogP contribution in [0.15, 0.2) is 0 Å². The van der Waals surface area contributed by atoms with Gasteiger partial charge in [-0.05, 0) is 6.42 Å². The molecule has 0 aromatic rings. The van der Waals surface area contributed by atoms with Gasteiger partial charge in [-0.25, -0.2) is 0 Å². The van der Waals surface area contributed by atoms with E-state index in [4.69, 9.17) is 5.11 Å². The molecule has 0 aromatic heterocycles. The van der Waals surface area contributed by atoms with Crippen LogP contribution in [0.3, 0.4) is 0 Å². The second-order valence-electron chi connectivity index (χ2n) is 7.51. The van der Waals surface area contributed by atoms with Crippen molar-refractivity contribution in [3.63, 3.8) is 0 Å². The Kier molecular flexibility index (Phi) is 33.9. The van der Waals surface area contributed by atoms with Crippen LogP contribution in [0.25, 0.3) is 0 Å². The molecule has 0 spiro atoms. The minimum atomic E-state index is -0.651. The van der Waals surface area contributed by atoms with Crippen LogP contribution in [0.2, 0.25) is 0 Å². The predicted octanol–water partition coefficient (Wildman–Crippen LogP) is 6.55. The number of carboxylic acid groups (broad SMARTS) is 1. The first-order chi connectivity index (χ1) is 11.8. The van der Waals surface area contributed by atoms with Crippen LogP contribution < -0.4 is 0 Å². The van der Waals surface area contributed by atoms with E-state index in [1.807, 2.05) is 0 Å². The zero-order chi connectivity index (χ0) is 17.7. The molecule has 0 heterocycles. The van der Waals surface area contributed by atoms with E-state index in [2.05, 4.69) is 6.92 Å². The molecular formula is C22H49AlMgO2. The van der Waals surface area contributed by atoms with Crippen molar-refractivity contribution in [1.29, 1.82) is 0 Å². The van der Waals surface area contributed by atoms with Gasteiger partial charge < -0.3 is 7.96 Å². The van der Waals surface area contributed by atoms with E-state index in [0.29, 0.717) is 6.42 Å². The molecule has 2 nitrogen and oxygen atoms in total. The van der Waals surface area contributed by atoms with Crippen LogP contribution >= 0.6 is 0 Å². The summed E-state index contributed by atoms with van der Waals surface area (Å²) in [7, 11) is 0. The Labute approximate surface area is 193 Å². The molecule has 0 aliphatic carbocycles. The van der Waals surface area contributed by atoms with Crippen LogP contribution in [0, 0.1) is 0 Å². The third-order valence-electron chi connectivity index (χ3n) is 4.99. The summed E-state index contributed by atoms with van der Waals surface area (Å²) < 4.78 is 0. The number of carbonyl (C=O) groups is 1. The van der Waals surface area contributed by atoms with E-state index in [9.17, 15) is 4.79 Å². The smallest absolute Gasteiger partial charge is 1.00 e. The molecule has 0 amide bonds. The van der Waals surface area contributed by atoms with E-state index in [1.54, 1.807) is 0 Å². The molecule has 0 saturated heterocycles. The normalized spacial score (nSPS) is 10.2. The Balaban J connectivity index is -0.000000441. The first kappa shape index (κ1) is 31.5. The summed E-state index contributed by atoms with van der Waals surface area (Å²) in [6.45, 7) is 2.28. The standard InChI is InChI=1S/C22H44O2.Al.Mg.5H/c1-2-3-4-5-6-7-8-9-10-11-12-13-14-15-16-17-18-19-20-21-22(23)24;;;;;;;/h2-21H2,1H3,(H,23,24);;;;;;;/q;;+2;;;;2*-1. The fraction of sp³-hybridized carbons (Fsp3) is 0.955. The minimum Gasteiger partial charge on any atom is -1.00 e. The first-order valence-corrected chi connectivity index (χ1v) is 11.0. The Hall–Kier alpha value is 0.769. The summed E-state index contributed by atoms with van der Waals surface area (Å²) in [6.07, 6.45) is 26.1. The Bertz CT molecular complexity index is 273. The Morgan fingerprint density at radius 2 is 0.808 bits per heavy atom. The summed E-state index contributed by atoms with van der Waals surface area (Å²) in [4.78, 5) is 10.4. The van der Waals surface area contributed by atoms with Crippen LogP contribution in [0.4, 0.5) is 0 Å². The Morgan fingerprint density at radius 3 is 1.04 bits per heavy atom. The van der Waals surface area contributed by atoms with Gasteiger partial charge in [0.15, 0.2) is 17.4 Å². The molecule has 0 atom stereocenters. The molecule has 1 N–H and O–H groups in total. The number of hydrogen-bond donors (Lipinski definition) is 1. The molecule has 0 aromatic carbocycles. The van der Waals surface area contributed by atoms with E-state index in [-0.39, 0.29) is 43.3 Å². The van der Waals surface area contributed by atoms with E-state index in [1.165, 1.54) is 109 Å². The molecule has 0 unspecified atom stereocenters. The third kappa shape index (κ3) is 29.5. The van der Waals surface area contributed by atoms with Crippen molar-refractivity contribution in [3.8, 4) is 0 Å². The molecule has 4 heteroatoms. The topological polar surface area (TPSA) is 37.3 Å². The van der Waals surface area contributed by atoms with Gasteiger partial charge in [0.25, 0.3) is 0 Å². The molecular weight excluding hydrogens is 348 g/mol. The van der Waals surface area contributed by atoms with E-state index in [0.717, 1.165) is 12.8 Å². The van der Waals surface area contributed by atoms with Crippen LogP contribution in [-0.4, -0.2) is 51.5 Å². The molecule has 0 rings (SSSR count). The van der Waals surface area contributed by atoms with Gasteiger partial charge in [-0.3, -0.25) is 4.79 Å². The number of hydrogen-bond acceptors (Lipinski definition) is 1. The molecule has 0 aliphatic rings. The van der Waals surface area contributed by atoms with Gasteiger partial charge >= 0.3 is 29.0 Å². The maximum absolute atomic E-state index is 10.4. The van der Waals surface area contributed by atoms with Gasteiger partial charge in [-0.15, -0.1) is 0 Å². The molecule has 0 bridgehead atoms. The fourth-order valence-electron chi connectivity index (χ4n) is 3.35. The van der Waals surface area contributed by atoms with Crippen LogP contribution in [0.5, 0.6) is 0 Å². The summed E-state index contributed by atoms with van der Waals surface area (Å²) in [5.41, 5.74) is 0. The minimum absolute atomic E-state index is 0. The monoisotopic (exact) mass is 396 g/mol. The third-order valence-corrected chi connectivity index (χ3v) is 4.99. The summed E-state index contributed by atoms with van der Waals surface area (Å²) in [5, 5.41) is 8.56. The maximum atomic E-state index is 10.4. The zero-order valence-electron chi connectivity index (χ0n) is 19.2. The largest absolute Gasteiger partial charge is 2.00 e. The van der Waals surface area contributed by atoms with Crippen LogP contribution in [-0.2, 0) is 4.79 Å². The fourth-order valence-corrected chi connectivity index (χ4v) is 3.35. The van der Waals surface area contributed by atoms with Crippen molar-refractivity contribution < 1.29 is 12.8 Å². The summed E-state index contributed by atoms with van der Waals surface area (Å²) in [6, 6.07) is 0. The van der Waals surface area contributed by atoms with E-state index < -0.39 is 5.97 Å². The van der Waals surface area contributed by atoms with Crippen molar-refractivity contribution in [1.82, 2.24) is 0 Å². The average molecular weight is 397 g/mol. The maximum Gasteiger partial charge on any atom is 2.00 e. The van der Waals surface area contributed by atoms with Gasteiger partial charge in [0.05, 0.1) is 0 Å². The quantitative estimate of drug-likeness (QED) is 0.187. The molecule has 0 saturated carbocycles.